The molecule has 1 amide bonds. The van der Waals surface area contributed by atoms with Gasteiger partial charge in [-0.2, -0.15) is 0 Å². The molecule has 1 saturated heterocycles. The third-order valence-corrected chi connectivity index (χ3v) is 5.73. The van der Waals surface area contributed by atoms with E-state index in [1.165, 1.54) is 10.5 Å². The van der Waals surface area contributed by atoms with Gasteiger partial charge in [0.2, 0.25) is 0 Å². The van der Waals surface area contributed by atoms with Crippen LogP contribution in [0.25, 0.3) is 0 Å². The third-order valence-electron chi connectivity index (χ3n) is 5.48. The number of rotatable bonds is 6. The number of carbonyl (C=O) groups is 1. The highest BCUT2D eigenvalue weighted by molar-refractivity contribution is 6.30. The van der Waals surface area contributed by atoms with Gasteiger partial charge in [-0.3, -0.25) is 4.79 Å². The zero-order valence-corrected chi connectivity index (χ0v) is 17.6. The molecule has 0 aliphatic carbocycles. The second kappa shape index (κ2) is 9.79. The second-order valence-electron chi connectivity index (χ2n) is 7.62. The lowest BCUT2D eigenvalue weighted by atomic mass is 10.1. The molecule has 0 spiro atoms. The van der Waals surface area contributed by atoms with Gasteiger partial charge in [0, 0.05) is 10.6 Å². The van der Waals surface area contributed by atoms with E-state index in [2.05, 4.69) is 24.3 Å². The minimum atomic E-state index is 0.0421. The number of halogens is 1. The van der Waals surface area contributed by atoms with Gasteiger partial charge in [-0.25, -0.2) is 0 Å². The van der Waals surface area contributed by atoms with Crippen LogP contribution in [0.3, 0.4) is 0 Å². The van der Waals surface area contributed by atoms with Crippen molar-refractivity contribution in [1.29, 1.82) is 0 Å². The summed E-state index contributed by atoms with van der Waals surface area (Å²) in [6, 6.07) is 25.6. The van der Waals surface area contributed by atoms with Crippen LogP contribution in [0.15, 0.2) is 78.9 Å². The van der Waals surface area contributed by atoms with Crippen LogP contribution in [0.5, 0.6) is 5.75 Å². The first-order valence-corrected chi connectivity index (χ1v) is 10.7. The number of quaternary nitrogens is 1. The van der Waals surface area contributed by atoms with E-state index in [1.54, 1.807) is 0 Å². The summed E-state index contributed by atoms with van der Waals surface area (Å²) < 4.78 is 5.98. The van der Waals surface area contributed by atoms with E-state index >= 15 is 0 Å². The summed E-state index contributed by atoms with van der Waals surface area (Å²) in [5, 5.41) is 0.697. The highest BCUT2D eigenvalue weighted by Gasteiger charge is 2.26. The Morgan fingerprint density at radius 3 is 2.27 bits per heavy atom. The molecule has 4 nitrogen and oxygen atoms in total. The maximum absolute atomic E-state index is 13.2. The number of hydrogen-bond donors (Lipinski definition) is 1. The summed E-state index contributed by atoms with van der Waals surface area (Å²) in [5.41, 5.74) is 2.98. The summed E-state index contributed by atoms with van der Waals surface area (Å²) in [6.45, 7) is 4.82. The first kappa shape index (κ1) is 20.5. The molecular formula is C25H26ClN2O2+. The van der Waals surface area contributed by atoms with Crippen molar-refractivity contribution in [3.8, 4) is 5.75 Å². The Hall–Kier alpha value is -2.82. The van der Waals surface area contributed by atoms with Gasteiger partial charge >= 0.3 is 0 Å². The molecule has 154 valence electrons. The molecule has 3 aromatic rings. The van der Waals surface area contributed by atoms with Crippen molar-refractivity contribution >= 4 is 17.5 Å². The Kier molecular flexibility index (Phi) is 6.67. The number of piperazine rings is 1. The molecule has 0 aromatic heterocycles. The van der Waals surface area contributed by atoms with Crippen LogP contribution in [0.4, 0.5) is 0 Å². The largest absolute Gasteiger partial charge is 0.488 e. The Morgan fingerprint density at radius 2 is 1.53 bits per heavy atom. The van der Waals surface area contributed by atoms with Crippen LogP contribution in [-0.4, -0.2) is 37.0 Å². The normalized spacial score (nSPS) is 14.5. The Bertz CT molecular complexity index is 968. The van der Waals surface area contributed by atoms with Gasteiger partial charge in [-0.15, -0.1) is 0 Å². The zero-order valence-electron chi connectivity index (χ0n) is 16.9. The quantitative estimate of drug-likeness (QED) is 0.661. The fourth-order valence-corrected chi connectivity index (χ4v) is 3.89. The van der Waals surface area contributed by atoms with Crippen molar-refractivity contribution in [1.82, 2.24) is 4.90 Å². The predicted octanol–water partition coefficient (Wildman–Crippen LogP) is 3.46. The number of nitrogens with zero attached hydrogens (tertiary/aromatic N) is 1. The van der Waals surface area contributed by atoms with E-state index in [0.29, 0.717) is 22.9 Å². The van der Waals surface area contributed by atoms with E-state index in [9.17, 15) is 4.79 Å². The molecule has 0 saturated carbocycles. The molecule has 3 aromatic carbocycles. The summed E-state index contributed by atoms with van der Waals surface area (Å²) in [5.74, 6) is 0.664. The third kappa shape index (κ3) is 5.21. The minimum Gasteiger partial charge on any atom is -0.488 e. The van der Waals surface area contributed by atoms with Gasteiger partial charge in [0.1, 0.15) is 18.9 Å². The maximum Gasteiger partial charge on any atom is 0.258 e. The average Bonchev–Trinajstić information content (AvgIpc) is 2.80. The average molecular weight is 422 g/mol. The summed E-state index contributed by atoms with van der Waals surface area (Å²) in [7, 11) is 0. The molecule has 0 radical (unpaired) electrons. The standard InChI is InChI=1S/C25H25ClN2O2/c26-22-12-10-21(11-13-22)19-30-24-9-5-4-8-23(24)25(29)28-16-14-27(15-17-28)18-20-6-2-1-3-7-20/h1-13H,14-19H2/p+1. The number of hydrogen-bond acceptors (Lipinski definition) is 2. The smallest absolute Gasteiger partial charge is 0.258 e. The van der Waals surface area contributed by atoms with Crippen molar-refractivity contribution in [2.45, 2.75) is 13.2 Å². The van der Waals surface area contributed by atoms with Gasteiger partial charge in [-0.05, 0) is 29.8 Å². The lowest BCUT2D eigenvalue weighted by molar-refractivity contribution is -0.917. The van der Waals surface area contributed by atoms with Crippen LogP contribution in [0, 0.1) is 0 Å². The highest BCUT2D eigenvalue weighted by Crippen LogP contribution is 2.22. The van der Waals surface area contributed by atoms with E-state index in [4.69, 9.17) is 16.3 Å². The van der Waals surface area contributed by atoms with E-state index in [-0.39, 0.29) is 5.91 Å². The molecule has 0 bridgehead atoms. The van der Waals surface area contributed by atoms with Crippen molar-refractivity contribution in [2.75, 3.05) is 26.2 Å². The molecule has 1 aliphatic rings. The topological polar surface area (TPSA) is 34.0 Å². The monoisotopic (exact) mass is 421 g/mol. The Balaban J connectivity index is 1.36. The van der Waals surface area contributed by atoms with Gasteiger partial charge in [0.05, 0.1) is 31.7 Å². The van der Waals surface area contributed by atoms with Crippen LogP contribution in [0.2, 0.25) is 5.02 Å². The second-order valence-corrected chi connectivity index (χ2v) is 8.05. The Morgan fingerprint density at radius 1 is 0.867 bits per heavy atom. The molecule has 1 heterocycles. The number of ether oxygens (including phenoxy) is 1. The Labute approximate surface area is 182 Å². The molecule has 5 heteroatoms. The molecule has 4 rings (SSSR count). The van der Waals surface area contributed by atoms with Gasteiger partial charge in [-0.1, -0.05) is 66.2 Å². The van der Waals surface area contributed by atoms with Crippen molar-refractivity contribution < 1.29 is 14.4 Å². The molecule has 0 atom stereocenters. The van der Waals surface area contributed by atoms with Gasteiger partial charge in [0.25, 0.3) is 5.91 Å². The minimum absolute atomic E-state index is 0.0421. The van der Waals surface area contributed by atoms with Crippen LogP contribution >= 0.6 is 11.6 Å². The molecule has 30 heavy (non-hydrogen) atoms. The number of nitrogens with one attached hydrogen (secondary N) is 1. The molecule has 1 fully saturated rings. The van der Waals surface area contributed by atoms with Crippen LogP contribution < -0.4 is 9.64 Å². The molecular weight excluding hydrogens is 396 g/mol. The van der Waals surface area contributed by atoms with Gasteiger partial charge < -0.3 is 14.5 Å². The van der Waals surface area contributed by atoms with Gasteiger partial charge in [0.15, 0.2) is 0 Å². The number of benzene rings is 3. The number of para-hydroxylation sites is 1. The van der Waals surface area contributed by atoms with Crippen molar-refractivity contribution in [3.63, 3.8) is 0 Å². The summed E-state index contributed by atoms with van der Waals surface area (Å²) in [4.78, 5) is 16.6. The van der Waals surface area contributed by atoms with E-state index < -0.39 is 0 Å². The lowest BCUT2D eigenvalue weighted by Gasteiger charge is -2.32. The first-order chi connectivity index (χ1) is 14.7. The summed E-state index contributed by atoms with van der Waals surface area (Å²) >= 11 is 5.94. The SMILES string of the molecule is O=C(c1ccccc1OCc1ccc(Cl)cc1)N1CC[NH+](Cc2ccccc2)CC1. The number of carbonyl (C=O) groups excluding carboxylic acids is 1. The van der Waals surface area contributed by atoms with Crippen molar-refractivity contribution in [3.05, 3.63) is 101 Å². The summed E-state index contributed by atoms with van der Waals surface area (Å²) in [6.07, 6.45) is 0. The van der Waals surface area contributed by atoms with Crippen LogP contribution in [-0.2, 0) is 13.2 Å². The fraction of sp³-hybridized carbons (Fsp3) is 0.240. The lowest BCUT2D eigenvalue weighted by Crippen LogP contribution is -3.13. The van der Waals surface area contributed by atoms with E-state index in [0.717, 1.165) is 38.3 Å². The van der Waals surface area contributed by atoms with Crippen molar-refractivity contribution in [2.24, 2.45) is 0 Å². The van der Waals surface area contributed by atoms with E-state index in [1.807, 2.05) is 59.5 Å². The maximum atomic E-state index is 13.2. The zero-order chi connectivity index (χ0) is 20.8. The fourth-order valence-electron chi connectivity index (χ4n) is 3.77. The molecule has 1 aliphatic heterocycles. The highest BCUT2D eigenvalue weighted by atomic mass is 35.5. The number of amides is 1. The molecule has 1 N–H and O–H groups in total. The first-order valence-electron chi connectivity index (χ1n) is 10.3. The van der Waals surface area contributed by atoms with Crippen LogP contribution in [0.1, 0.15) is 21.5 Å². The predicted molar refractivity (Wildman–Crippen MR) is 119 cm³/mol. The molecule has 0 unspecified atom stereocenters.